The van der Waals surface area contributed by atoms with E-state index in [1.807, 2.05) is 0 Å². The van der Waals surface area contributed by atoms with Gasteiger partial charge in [0.05, 0.1) is 12.2 Å². The van der Waals surface area contributed by atoms with Gasteiger partial charge in [0.1, 0.15) is 0 Å². The molecule has 1 aromatic carbocycles. The lowest BCUT2D eigenvalue weighted by molar-refractivity contribution is -0.254. The van der Waals surface area contributed by atoms with E-state index in [2.05, 4.69) is 0 Å². The summed E-state index contributed by atoms with van der Waals surface area (Å²) >= 11 is 0. The number of halogens is 3. The fourth-order valence-corrected chi connectivity index (χ4v) is 4.11. The zero-order valence-electron chi connectivity index (χ0n) is 14.2. The number of rotatable bonds is 5. The molecule has 1 heterocycles. The van der Waals surface area contributed by atoms with Crippen molar-refractivity contribution in [2.24, 2.45) is 0 Å². The summed E-state index contributed by atoms with van der Waals surface area (Å²) in [6.45, 7) is 0.539. The van der Waals surface area contributed by atoms with Crippen LogP contribution in [0.5, 0.6) is 0 Å². The van der Waals surface area contributed by atoms with Gasteiger partial charge in [-0.25, -0.2) is 8.42 Å². The number of sulfonamides is 1. The molecule has 0 radical (unpaired) electrons. The molecule has 146 valence electrons. The maximum atomic E-state index is 12.7. The lowest BCUT2D eigenvalue weighted by Crippen LogP contribution is -2.53. The molecule has 0 bridgehead atoms. The van der Waals surface area contributed by atoms with E-state index in [9.17, 15) is 31.5 Å². The minimum Gasteiger partial charge on any atom is -0.380 e. The summed E-state index contributed by atoms with van der Waals surface area (Å²) < 4.78 is 64.1. The second-order valence-electron chi connectivity index (χ2n) is 6.47. The molecule has 0 spiro atoms. The fourth-order valence-electron chi connectivity index (χ4n) is 2.60. The maximum Gasteiger partial charge on any atom is 0.417 e. The van der Waals surface area contributed by atoms with Gasteiger partial charge in [-0.3, -0.25) is 4.79 Å². The van der Waals surface area contributed by atoms with Gasteiger partial charge in [0.15, 0.2) is 5.60 Å². The van der Waals surface area contributed by atoms with Gasteiger partial charge in [-0.15, -0.1) is 0 Å². The van der Waals surface area contributed by atoms with Gasteiger partial charge in [-0.2, -0.15) is 17.5 Å². The highest BCUT2D eigenvalue weighted by atomic mass is 32.2. The first-order valence-corrected chi connectivity index (χ1v) is 9.62. The second-order valence-corrected chi connectivity index (χ2v) is 8.44. The normalized spacial score (nSPS) is 19.2. The van der Waals surface area contributed by atoms with Crippen LogP contribution in [0.25, 0.3) is 0 Å². The number of nitrogens with zero attached hydrogens (tertiary/aromatic N) is 2. The molecule has 1 amide bonds. The minimum absolute atomic E-state index is 0.00900. The number of carbonyl (C=O) groups is 1. The summed E-state index contributed by atoms with van der Waals surface area (Å²) in [6.07, 6.45) is -6.00. The molecule has 10 heteroatoms. The molecule has 2 rings (SSSR count). The molecule has 6 nitrogen and oxygen atoms in total. The van der Waals surface area contributed by atoms with Crippen LogP contribution in [0.2, 0.25) is 0 Å². The average Bonchev–Trinajstić information content (AvgIpc) is 2.54. The van der Waals surface area contributed by atoms with E-state index in [1.165, 1.54) is 4.31 Å². The SMILES string of the molecule is CC(O)(CC(=O)N1CCN(S(=O)(=O)Cc2ccccc2)CC1)C(F)(F)F. The van der Waals surface area contributed by atoms with Gasteiger partial charge < -0.3 is 10.0 Å². The Morgan fingerprint density at radius 2 is 1.65 bits per heavy atom. The summed E-state index contributed by atoms with van der Waals surface area (Å²) in [5.41, 5.74) is -2.48. The molecule has 1 N–H and O–H groups in total. The Morgan fingerprint density at radius 1 is 1.12 bits per heavy atom. The van der Waals surface area contributed by atoms with Crippen molar-refractivity contribution in [2.75, 3.05) is 26.2 Å². The van der Waals surface area contributed by atoms with Crippen molar-refractivity contribution in [2.45, 2.75) is 30.9 Å². The van der Waals surface area contributed by atoms with Crippen LogP contribution in [0.4, 0.5) is 13.2 Å². The highest BCUT2D eigenvalue weighted by Crippen LogP contribution is 2.33. The van der Waals surface area contributed by atoms with E-state index in [0.29, 0.717) is 12.5 Å². The molecule has 1 aromatic rings. The molecule has 1 saturated heterocycles. The van der Waals surface area contributed by atoms with Gasteiger partial charge in [-0.05, 0) is 12.5 Å². The number of piperazine rings is 1. The predicted molar refractivity (Wildman–Crippen MR) is 88.5 cm³/mol. The van der Waals surface area contributed by atoms with Gasteiger partial charge in [0.25, 0.3) is 0 Å². The van der Waals surface area contributed by atoms with Gasteiger partial charge in [-0.1, -0.05) is 30.3 Å². The summed E-state index contributed by atoms with van der Waals surface area (Å²) in [5, 5.41) is 9.42. The topological polar surface area (TPSA) is 77.9 Å². The first kappa shape index (κ1) is 20.7. The number of benzene rings is 1. The second kappa shape index (κ2) is 7.53. The van der Waals surface area contributed by atoms with Gasteiger partial charge >= 0.3 is 6.18 Å². The number of amides is 1. The molecule has 1 aliphatic heterocycles. The van der Waals surface area contributed by atoms with Crippen LogP contribution in [0.1, 0.15) is 18.9 Å². The van der Waals surface area contributed by atoms with E-state index in [4.69, 9.17) is 0 Å². The standard InChI is InChI=1S/C16H21F3N2O4S/c1-15(23,16(17,18)19)11-14(22)20-7-9-21(10-8-20)26(24,25)12-13-5-3-2-4-6-13/h2-6,23H,7-12H2,1H3. The summed E-state index contributed by atoms with van der Waals surface area (Å²) in [4.78, 5) is 13.2. The maximum absolute atomic E-state index is 12.7. The third-order valence-corrected chi connectivity index (χ3v) is 6.13. The van der Waals surface area contributed by atoms with Gasteiger partial charge in [0, 0.05) is 26.2 Å². The molecule has 1 aliphatic rings. The average molecular weight is 394 g/mol. The van der Waals surface area contributed by atoms with E-state index < -0.39 is 34.1 Å². The smallest absolute Gasteiger partial charge is 0.380 e. The minimum atomic E-state index is -4.91. The van der Waals surface area contributed by atoms with Crippen LogP contribution >= 0.6 is 0 Å². The van der Waals surface area contributed by atoms with Crippen LogP contribution in [-0.4, -0.2) is 66.6 Å². The molecule has 1 unspecified atom stereocenters. The highest BCUT2D eigenvalue weighted by molar-refractivity contribution is 7.88. The number of carbonyl (C=O) groups excluding carboxylic acids is 1. The first-order chi connectivity index (χ1) is 11.9. The number of alkyl halides is 3. The summed E-state index contributed by atoms with van der Waals surface area (Å²) in [7, 11) is -3.58. The van der Waals surface area contributed by atoms with Crippen molar-refractivity contribution in [3.05, 3.63) is 35.9 Å². The Hall–Kier alpha value is -1.65. The Balaban J connectivity index is 1.93. The fraction of sp³-hybridized carbons (Fsp3) is 0.562. The van der Waals surface area contributed by atoms with Crippen molar-refractivity contribution < 1.29 is 31.5 Å². The van der Waals surface area contributed by atoms with Crippen LogP contribution in [-0.2, 0) is 20.6 Å². The zero-order valence-corrected chi connectivity index (χ0v) is 15.1. The highest BCUT2D eigenvalue weighted by Gasteiger charge is 2.51. The summed E-state index contributed by atoms with van der Waals surface area (Å²) in [6, 6.07) is 8.62. The van der Waals surface area contributed by atoms with E-state index >= 15 is 0 Å². The quantitative estimate of drug-likeness (QED) is 0.818. The number of hydrogen-bond acceptors (Lipinski definition) is 4. The third kappa shape index (κ3) is 4.95. The van der Waals surface area contributed by atoms with Crippen molar-refractivity contribution in [3.8, 4) is 0 Å². The summed E-state index contributed by atoms with van der Waals surface area (Å²) in [5.74, 6) is -1.03. The number of hydrogen-bond donors (Lipinski definition) is 1. The van der Waals surface area contributed by atoms with Crippen LogP contribution in [0, 0.1) is 0 Å². The van der Waals surface area contributed by atoms with E-state index in [0.717, 1.165) is 4.90 Å². The van der Waals surface area contributed by atoms with E-state index in [-0.39, 0.29) is 31.9 Å². The molecular weight excluding hydrogens is 373 g/mol. The Bertz CT molecular complexity index is 728. The first-order valence-electron chi connectivity index (χ1n) is 8.01. The molecule has 0 aromatic heterocycles. The van der Waals surface area contributed by atoms with Crippen molar-refractivity contribution >= 4 is 15.9 Å². The monoisotopic (exact) mass is 394 g/mol. The van der Waals surface area contributed by atoms with E-state index in [1.54, 1.807) is 30.3 Å². The Kier molecular flexibility index (Phi) is 5.99. The third-order valence-electron chi connectivity index (χ3n) is 4.28. The lowest BCUT2D eigenvalue weighted by atomic mass is 10.0. The van der Waals surface area contributed by atoms with Gasteiger partial charge in [0.2, 0.25) is 15.9 Å². The molecule has 1 atom stereocenters. The molecule has 0 saturated carbocycles. The van der Waals surface area contributed by atoms with Crippen molar-refractivity contribution in [1.29, 1.82) is 0 Å². The Labute approximate surface area is 150 Å². The van der Waals surface area contributed by atoms with Crippen LogP contribution < -0.4 is 0 Å². The van der Waals surface area contributed by atoms with Crippen LogP contribution in [0.15, 0.2) is 30.3 Å². The lowest BCUT2D eigenvalue weighted by Gasteiger charge is -2.35. The Morgan fingerprint density at radius 3 is 2.15 bits per heavy atom. The predicted octanol–water partition coefficient (Wildman–Crippen LogP) is 1.36. The largest absolute Gasteiger partial charge is 0.417 e. The molecule has 0 aliphatic carbocycles. The van der Waals surface area contributed by atoms with Crippen molar-refractivity contribution in [1.82, 2.24) is 9.21 Å². The number of aliphatic hydroxyl groups is 1. The molecular formula is C16H21F3N2O4S. The molecule has 26 heavy (non-hydrogen) atoms. The van der Waals surface area contributed by atoms with Crippen molar-refractivity contribution in [3.63, 3.8) is 0 Å². The van der Waals surface area contributed by atoms with Crippen LogP contribution in [0.3, 0.4) is 0 Å². The zero-order chi connectivity index (χ0) is 19.6. The molecule has 1 fully saturated rings.